The van der Waals surface area contributed by atoms with Crippen LogP contribution in [0.4, 0.5) is 10.3 Å². The van der Waals surface area contributed by atoms with E-state index in [0.717, 1.165) is 75.0 Å². The lowest BCUT2D eigenvalue weighted by molar-refractivity contribution is -0.157. The molecule has 0 spiro atoms. The first-order chi connectivity index (χ1) is 28.5. The highest BCUT2D eigenvalue weighted by Crippen LogP contribution is 2.38. The van der Waals surface area contributed by atoms with Crippen molar-refractivity contribution in [3.05, 3.63) is 99.6 Å². The molecule has 1 saturated carbocycles. The summed E-state index contributed by atoms with van der Waals surface area (Å²) in [5.74, 6) is 7.56. The number of aromatic nitrogens is 2. The lowest BCUT2D eigenvalue weighted by atomic mass is 9.75. The maximum atomic E-state index is 13.6. The number of para-hydroxylation sites is 1. The van der Waals surface area contributed by atoms with Gasteiger partial charge >= 0.3 is 11.9 Å². The number of amides is 1. The highest BCUT2D eigenvalue weighted by atomic mass is 32.1. The normalized spacial score (nSPS) is 17.9. The SMILES string of the molecule is COC(=O)c1nc(N2CCc3cccc(C(=O)Nc4nc5ccccc5s4)c3C2)sc1CCCOc1ccc(C#CC2CN(C3CC(CC(=O)OC(C)(C)C)C3)C2)cc1. The van der Waals surface area contributed by atoms with Gasteiger partial charge in [-0.2, -0.15) is 0 Å². The maximum absolute atomic E-state index is 13.6. The molecule has 8 rings (SSSR count). The molecule has 59 heavy (non-hydrogen) atoms. The lowest BCUT2D eigenvalue weighted by Crippen LogP contribution is -2.56. The molecule has 4 heterocycles. The first-order valence-electron chi connectivity index (χ1n) is 20.3. The second-order valence-electron chi connectivity index (χ2n) is 16.5. The summed E-state index contributed by atoms with van der Waals surface area (Å²) in [6.45, 7) is 9.38. The van der Waals surface area contributed by atoms with Crippen molar-refractivity contribution in [2.75, 3.05) is 43.6 Å². The van der Waals surface area contributed by atoms with E-state index in [1.807, 2.05) is 81.4 Å². The quantitative estimate of drug-likeness (QED) is 0.0749. The highest BCUT2D eigenvalue weighted by Gasteiger charge is 2.40. The molecule has 2 aromatic heterocycles. The molecule has 0 atom stereocenters. The summed E-state index contributed by atoms with van der Waals surface area (Å²) in [6.07, 6.45) is 4.68. The predicted molar refractivity (Wildman–Crippen MR) is 231 cm³/mol. The predicted octanol–water partition coefficient (Wildman–Crippen LogP) is 8.16. The van der Waals surface area contributed by atoms with Crippen molar-refractivity contribution in [1.29, 1.82) is 0 Å². The maximum Gasteiger partial charge on any atom is 0.357 e. The molecule has 1 saturated heterocycles. The Morgan fingerprint density at radius 3 is 2.53 bits per heavy atom. The van der Waals surface area contributed by atoms with E-state index in [1.165, 1.54) is 29.8 Å². The van der Waals surface area contributed by atoms with Gasteiger partial charge in [0.15, 0.2) is 16.0 Å². The Balaban J connectivity index is 0.806. The van der Waals surface area contributed by atoms with Crippen molar-refractivity contribution in [2.45, 2.75) is 77.5 Å². The van der Waals surface area contributed by atoms with Gasteiger partial charge in [-0.05, 0) is 112 Å². The summed E-state index contributed by atoms with van der Waals surface area (Å²) in [5, 5.41) is 4.30. The molecule has 13 heteroatoms. The van der Waals surface area contributed by atoms with Crippen molar-refractivity contribution in [2.24, 2.45) is 11.8 Å². The van der Waals surface area contributed by atoms with E-state index in [9.17, 15) is 14.4 Å². The third-order valence-corrected chi connectivity index (χ3v) is 13.1. The summed E-state index contributed by atoms with van der Waals surface area (Å²) in [6, 6.07) is 22.1. The van der Waals surface area contributed by atoms with Crippen LogP contribution in [0.3, 0.4) is 0 Å². The fourth-order valence-corrected chi connectivity index (χ4v) is 9.85. The number of carbonyl (C=O) groups is 3. The van der Waals surface area contributed by atoms with Gasteiger partial charge in [0.1, 0.15) is 11.4 Å². The molecule has 306 valence electrons. The fraction of sp³-hybridized carbons (Fsp3) is 0.413. The molecular weight excluding hydrogens is 783 g/mol. The molecule has 3 aromatic carbocycles. The van der Waals surface area contributed by atoms with Crippen LogP contribution in [-0.2, 0) is 33.7 Å². The first kappa shape index (κ1) is 40.5. The van der Waals surface area contributed by atoms with Crippen LogP contribution < -0.4 is 15.0 Å². The van der Waals surface area contributed by atoms with Crippen LogP contribution in [0.15, 0.2) is 66.7 Å². The van der Waals surface area contributed by atoms with Crippen LogP contribution in [0.1, 0.15) is 88.9 Å². The average molecular weight is 832 g/mol. The highest BCUT2D eigenvalue weighted by molar-refractivity contribution is 7.22. The number of esters is 2. The number of benzene rings is 3. The van der Waals surface area contributed by atoms with Crippen molar-refractivity contribution in [1.82, 2.24) is 14.9 Å². The molecule has 1 amide bonds. The second kappa shape index (κ2) is 17.5. The zero-order valence-electron chi connectivity index (χ0n) is 33.9. The number of aryl methyl sites for hydroxylation is 1. The molecule has 11 nitrogen and oxygen atoms in total. The Hall–Kier alpha value is -5.29. The van der Waals surface area contributed by atoms with Crippen molar-refractivity contribution in [3.63, 3.8) is 0 Å². The molecule has 0 radical (unpaired) electrons. The molecule has 0 bridgehead atoms. The van der Waals surface area contributed by atoms with Crippen molar-refractivity contribution in [3.8, 4) is 17.6 Å². The molecule has 3 aliphatic rings. The van der Waals surface area contributed by atoms with Crippen LogP contribution in [0.25, 0.3) is 10.2 Å². The van der Waals surface area contributed by atoms with Gasteiger partial charge in [0.25, 0.3) is 5.91 Å². The minimum Gasteiger partial charge on any atom is -0.494 e. The lowest BCUT2D eigenvalue weighted by Gasteiger charge is -2.49. The Bertz CT molecular complexity index is 2360. The first-order valence-corrected chi connectivity index (χ1v) is 21.9. The van der Waals surface area contributed by atoms with Gasteiger partial charge in [-0.15, -0.1) is 11.3 Å². The number of hydrogen-bond donors (Lipinski definition) is 1. The van der Waals surface area contributed by atoms with E-state index in [-0.39, 0.29) is 11.9 Å². The van der Waals surface area contributed by atoms with Gasteiger partial charge < -0.3 is 19.1 Å². The van der Waals surface area contributed by atoms with E-state index in [4.69, 9.17) is 19.2 Å². The number of nitrogens with zero attached hydrogens (tertiary/aromatic N) is 4. The third-order valence-electron chi connectivity index (χ3n) is 11.0. The Morgan fingerprint density at radius 1 is 0.966 bits per heavy atom. The van der Waals surface area contributed by atoms with E-state index in [0.29, 0.717) is 73.2 Å². The smallest absolute Gasteiger partial charge is 0.357 e. The molecule has 0 unspecified atom stereocenters. The zero-order valence-corrected chi connectivity index (χ0v) is 35.5. The minimum absolute atomic E-state index is 0.0909. The number of nitrogens with one attached hydrogen (secondary N) is 1. The summed E-state index contributed by atoms with van der Waals surface area (Å²) in [5.41, 5.74) is 4.40. The van der Waals surface area contributed by atoms with Gasteiger partial charge in [0, 0.05) is 60.6 Å². The number of hydrogen-bond acceptors (Lipinski definition) is 12. The number of ether oxygens (including phenoxy) is 3. The summed E-state index contributed by atoms with van der Waals surface area (Å²) in [7, 11) is 1.37. The number of likely N-dealkylation sites (tertiary alicyclic amines) is 1. The minimum atomic E-state index is -0.463. The molecule has 5 aromatic rings. The van der Waals surface area contributed by atoms with Crippen molar-refractivity contribution < 1.29 is 28.6 Å². The number of methoxy groups -OCH3 is 1. The molecular formula is C46H49N5O6S2. The average Bonchev–Trinajstić information content (AvgIpc) is 3.81. The van der Waals surface area contributed by atoms with Crippen LogP contribution in [0, 0.1) is 23.7 Å². The van der Waals surface area contributed by atoms with Crippen LogP contribution in [0.2, 0.25) is 0 Å². The van der Waals surface area contributed by atoms with Gasteiger partial charge in [0.2, 0.25) is 0 Å². The van der Waals surface area contributed by atoms with Gasteiger partial charge in [-0.3, -0.25) is 19.8 Å². The Labute approximate surface area is 353 Å². The molecule has 1 N–H and O–H groups in total. The summed E-state index contributed by atoms with van der Waals surface area (Å²) >= 11 is 2.94. The molecule has 2 fully saturated rings. The summed E-state index contributed by atoms with van der Waals surface area (Å²) < 4.78 is 17.7. The van der Waals surface area contributed by atoms with E-state index in [2.05, 4.69) is 38.0 Å². The zero-order chi connectivity index (χ0) is 41.1. The number of rotatable bonds is 12. The standard InChI is InChI=1S/C46H49N5O6S2/c1-46(2,3)57-40(52)25-31-23-33(24-31)51-26-30(27-51)15-14-29-16-18-34(19-17-29)56-22-8-13-39-41(43(54)55-4)48-45(59-39)50-21-20-32-9-7-10-35(36(32)28-50)42(53)49-44-47-37-11-5-6-12-38(37)58-44/h5-7,9-12,16-19,30-31,33H,8,13,20-28H2,1-4H3,(H,47,49,53). The largest absolute Gasteiger partial charge is 0.494 e. The third kappa shape index (κ3) is 9.78. The summed E-state index contributed by atoms with van der Waals surface area (Å²) in [4.78, 5) is 53.3. The number of fused-ring (bicyclic) bond motifs is 2. The van der Waals surface area contributed by atoms with Gasteiger partial charge in [-0.1, -0.05) is 47.4 Å². The van der Waals surface area contributed by atoms with Crippen LogP contribution in [-0.4, -0.2) is 77.7 Å². The Kier molecular flexibility index (Phi) is 12.0. The topological polar surface area (TPSA) is 123 Å². The second-order valence-corrected chi connectivity index (χ2v) is 18.6. The van der Waals surface area contributed by atoms with Crippen LogP contribution in [0.5, 0.6) is 5.75 Å². The van der Waals surface area contributed by atoms with E-state index in [1.54, 1.807) is 0 Å². The number of thiazole rings is 2. The molecule has 1 aliphatic carbocycles. The van der Waals surface area contributed by atoms with Gasteiger partial charge in [0.05, 0.1) is 23.9 Å². The number of carbonyl (C=O) groups excluding carboxylic acids is 3. The van der Waals surface area contributed by atoms with Gasteiger partial charge in [-0.25, -0.2) is 14.8 Å². The van der Waals surface area contributed by atoms with Crippen molar-refractivity contribution >= 4 is 61.0 Å². The number of anilines is 2. The monoisotopic (exact) mass is 831 g/mol. The van der Waals surface area contributed by atoms with Crippen LogP contribution >= 0.6 is 22.7 Å². The Morgan fingerprint density at radius 2 is 1.76 bits per heavy atom. The fourth-order valence-electron chi connectivity index (χ4n) is 7.88. The van der Waals surface area contributed by atoms with E-state index < -0.39 is 11.6 Å². The van der Waals surface area contributed by atoms with E-state index >= 15 is 0 Å². The molecule has 2 aliphatic heterocycles.